The van der Waals surface area contributed by atoms with Crippen molar-refractivity contribution in [3.8, 4) is 5.75 Å². The van der Waals surface area contributed by atoms with Crippen LogP contribution in [0, 0.1) is 20.8 Å². The lowest BCUT2D eigenvalue weighted by Crippen LogP contribution is -2.30. The number of aromatic nitrogens is 2. The highest BCUT2D eigenvalue weighted by Gasteiger charge is 2.18. The molecule has 0 fully saturated rings. The van der Waals surface area contributed by atoms with Crippen molar-refractivity contribution in [3.05, 3.63) is 71.5 Å². The number of amides is 1. The van der Waals surface area contributed by atoms with Gasteiger partial charge in [0.05, 0.1) is 4.90 Å². The van der Waals surface area contributed by atoms with Crippen molar-refractivity contribution in [2.24, 2.45) is 0 Å². The van der Waals surface area contributed by atoms with Gasteiger partial charge in [-0.2, -0.15) is 0 Å². The minimum atomic E-state index is -3.87. The molecule has 9 heteroatoms. The van der Waals surface area contributed by atoms with Gasteiger partial charge in [0, 0.05) is 17.1 Å². The summed E-state index contributed by atoms with van der Waals surface area (Å²) in [5, 5.41) is 2.71. The second-order valence-corrected chi connectivity index (χ2v) is 8.85. The van der Waals surface area contributed by atoms with Gasteiger partial charge < -0.3 is 10.1 Å². The molecule has 3 aromatic rings. The van der Waals surface area contributed by atoms with E-state index in [9.17, 15) is 13.2 Å². The summed E-state index contributed by atoms with van der Waals surface area (Å²) in [5.74, 6) is 0.254. The molecule has 1 heterocycles. The van der Waals surface area contributed by atoms with Gasteiger partial charge in [-0.1, -0.05) is 17.7 Å². The zero-order valence-electron chi connectivity index (χ0n) is 17.7. The Bertz CT molecular complexity index is 1160. The molecule has 0 aliphatic carbocycles. The van der Waals surface area contributed by atoms with E-state index < -0.39 is 16.1 Å². The summed E-state index contributed by atoms with van der Waals surface area (Å²) >= 11 is 0. The van der Waals surface area contributed by atoms with E-state index in [4.69, 9.17) is 4.74 Å². The summed E-state index contributed by atoms with van der Waals surface area (Å²) in [6, 6.07) is 14.9. The molecule has 2 N–H and O–H groups in total. The van der Waals surface area contributed by atoms with Gasteiger partial charge in [0.1, 0.15) is 5.75 Å². The summed E-state index contributed by atoms with van der Waals surface area (Å²) in [6.07, 6.45) is -0.727. The van der Waals surface area contributed by atoms with E-state index in [1.165, 1.54) is 24.3 Å². The first-order valence-corrected chi connectivity index (χ1v) is 11.1. The van der Waals surface area contributed by atoms with E-state index in [0.717, 1.165) is 5.56 Å². The minimum Gasteiger partial charge on any atom is -0.481 e. The maximum atomic E-state index is 12.6. The van der Waals surface area contributed by atoms with Crippen LogP contribution in [0.2, 0.25) is 0 Å². The van der Waals surface area contributed by atoms with E-state index in [1.807, 2.05) is 19.1 Å². The Morgan fingerprint density at radius 1 is 0.935 bits per heavy atom. The molecule has 31 heavy (non-hydrogen) atoms. The van der Waals surface area contributed by atoms with Gasteiger partial charge in [-0.15, -0.1) is 0 Å². The zero-order valence-corrected chi connectivity index (χ0v) is 18.5. The Hall–Kier alpha value is -3.46. The first-order chi connectivity index (χ1) is 14.6. The number of carbonyl (C=O) groups is 1. The second kappa shape index (κ2) is 9.13. The summed E-state index contributed by atoms with van der Waals surface area (Å²) in [4.78, 5) is 20.6. The number of anilines is 2. The van der Waals surface area contributed by atoms with Gasteiger partial charge in [0.25, 0.3) is 15.9 Å². The smallest absolute Gasteiger partial charge is 0.265 e. The molecule has 1 amide bonds. The van der Waals surface area contributed by atoms with Crippen molar-refractivity contribution in [1.29, 1.82) is 0 Å². The lowest BCUT2D eigenvalue weighted by atomic mass is 10.2. The van der Waals surface area contributed by atoms with Gasteiger partial charge in [-0.05, 0) is 70.2 Å². The Morgan fingerprint density at radius 3 is 2.10 bits per heavy atom. The normalized spacial score (nSPS) is 12.1. The zero-order chi connectivity index (χ0) is 22.6. The molecule has 0 aliphatic heterocycles. The topological polar surface area (TPSA) is 110 Å². The molecule has 162 valence electrons. The van der Waals surface area contributed by atoms with E-state index in [-0.39, 0.29) is 16.8 Å². The van der Waals surface area contributed by atoms with Gasteiger partial charge in [0.2, 0.25) is 5.95 Å². The molecular formula is C22H24N4O4S. The fourth-order valence-corrected chi connectivity index (χ4v) is 3.73. The van der Waals surface area contributed by atoms with Crippen LogP contribution in [0.5, 0.6) is 5.75 Å². The highest BCUT2D eigenvalue weighted by molar-refractivity contribution is 7.92. The number of rotatable bonds is 7. The SMILES string of the molecule is Cc1ccc(OC(C)C(=O)Nc2ccc(S(=O)(=O)Nc3nc(C)cc(C)n3)cc2)cc1. The lowest BCUT2D eigenvalue weighted by molar-refractivity contribution is -0.122. The number of benzene rings is 2. The number of aryl methyl sites for hydroxylation is 3. The number of hydrogen-bond acceptors (Lipinski definition) is 6. The first-order valence-electron chi connectivity index (χ1n) is 9.62. The van der Waals surface area contributed by atoms with Crippen molar-refractivity contribution >= 4 is 27.6 Å². The fraction of sp³-hybridized carbons (Fsp3) is 0.227. The third kappa shape index (κ3) is 6.02. The van der Waals surface area contributed by atoms with Crippen molar-refractivity contribution in [1.82, 2.24) is 9.97 Å². The quantitative estimate of drug-likeness (QED) is 0.581. The summed E-state index contributed by atoms with van der Waals surface area (Å²) in [5.41, 5.74) is 2.86. The second-order valence-electron chi connectivity index (χ2n) is 7.17. The molecule has 0 saturated heterocycles. The van der Waals surface area contributed by atoms with E-state index >= 15 is 0 Å². The molecule has 2 aromatic carbocycles. The minimum absolute atomic E-state index is 0.0111. The average Bonchev–Trinajstić information content (AvgIpc) is 2.69. The van der Waals surface area contributed by atoms with Crippen LogP contribution in [0.4, 0.5) is 11.6 Å². The summed E-state index contributed by atoms with van der Waals surface area (Å²) in [7, 11) is -3.87. The maximum absolute atomic E-state index is 12.6. The molecule has 3 rings (SSSR count). The molecule has 0 saturated carbocycles. The Kier molecular flexibility index (Phi) is 6.55. The van der Waals surface area contributed by atoms with Gasteiger partial charge in [-0.25, -0.2) is 23.1 Å². The van der Waals surface area contributed by atoms with Crippen LogP contribution >= 0.6 is 0 Å². The standard InChI is InChI=1S/C22H24N4O4S/c1-14-5-9-19(10-6-14)30-17(4)21(27)25-18-7-11-20(12-8-18)31(28,29)26-22-23-15(2)13-16(3)24-22/h5-13,17H,1-4H3,(H,25,27)(H,23,24,26). The van der Waals surface area contributed by atoms with Crippen molar-refractivity contribution in [3.63, 3.8) is 0 Å². The molecule has 1 aromatic heterocycles. The van der Waals surface area contributed by atoms with Crippen LogP contribution < -0.4 is 14.8 Å². The fourth-order valence-electron chi connectivity index (χ4n) is 2.79. The highest BCUT2D eigenvalue weighted by atomic mass is 32.2. The molecular weight excluding hydrogens is 416 g/mol. The van der Waals surface area contributed by atoms with E-state index in [1.54, 1.807) is 39.0 Å². The van der Waals surface area contributed by atoms with Crippen molar-refractivity contribution in [2.75, 3.05) is 10.0 Å². The number of nitrogens with zero attached hydrogens (tertiary/aromatic N) is 2. The van der Waals surface area contributed by atoms with Crippen LogP contribution in [-0.4, -0.2) is 30.4 Å². The average molecular weight is 441 g/mol. The predicted molar refractivity (Wildman–Crippen MR) is 119 cm³/mol. The molecule has 1 unspecified atom stereocenters. The van der Waals surface area contributed by atoms with Crippen molar-refractivity contribution < 1.29 is 17.9 Å². The highest BCUT2D eigenvalue weighted by Crippen LogP contribution is 2.18. The van der Waals surface area contributed by atoms with E-state index in [2.05, 4.69) is 20.0 Å². The van der Waals surface area contributed by atoms with Gasteiger partial charge in [-0.3, -0.25) is 4.79 Å². The largest absolute Gasteiger partial charge is 0.481 e. The van der Waals surface area contributed by atoms with Gasteiger partial charge in [0.15, 0.2) is 6.10 Å². The number of sulfonamides is 1. The molecule has 0 radical (unpaired) electrons. The molecule has 1 atom stereocenters. The first kappa shape index (κ1) is 22.2. The summed E-state index contributed by atoms with van der Waals surface area (Å²) < 4.78 is 33.2. The number of carbonyl (C=O) groups excluding carboxylic acids is 1. The summed E-state index contributed by atoms with van der Waals surface area (Å²) in [6.45, 7) is 7.12. The van der Waals surface area contributed by atoms with Crippen LogP contribution in [-0.2, 0) is 14.8 Å². The maximum Gasteiger partial charge on any atom is 0.265 e. The Morgan fingerprint density at radius 2 is 1.52 bits per heavy atom. The van der Waals surface area contributed by atoms with Crippen LogP contribution in [0.1, 0.15) is 23.9 Å². The third-order valence-corrected chi connectivity index (χ3v) is 5.69. The third-order valence-electron chi connectivity index (χ3n) is 4.34. The van der Waals surface area contributed by atoms with Crippen LogP contribution in [0.3, 0.4) is 0 Å². The Labute approximate surface area is 181 Å². The van der Waals surface area contributed by atoms with Crippen molar-refractivity contribution in [2.45, 2.75) is 38.7 Å². The molecule has 8 nitrogen and oxygen atoms in total. The number of nitrogens with one attached hydrogen (secondary N) is 2. The molecule has 0 spiro atoms. The van der Waals surface area contributed by atoms with E-state index in [0.29, 0.717) is 22.8 Å². The molecule has 0 bridgehead atoms. The number of ether oxygens (including phenoxy) is 1. The number of hydrogen-bond donors (Lipinski definition) is 2. The van der Waals surface area contributed by atoms with Crippen LogP contribution in [0.15, 0.2) is 59.5 Å². The Balaban J connectivity index is 1.64. The predicted octanol–water partition coefficient (Wildman–Crippen LogP) is 3.61. The van der Waals surface area contributed by atoms with Crippen LogP contribution in [0.25, 0.3) is 0 Å². The monoisotopic (exact) mass is 440 g/mol. The van der Waals surface area contributed by atoms with Gasteiger partial charge >= 0.3 is 0 Å². The molecule has 0 aliphatic rings. The lowest BCUT2D eigenvalue weighted by Gasteiger charge is -2.15.